The Labute approximate surface area is 147 Å². The Morgan fingerprint density at radius 1 is 1.20 bits per heavy atom. The summed E-state index contributed by atoms with van der Waals surface area (Å²) in [5, 5.41) is 2.75. The average Bonchev–Trinajstić information content (AvgIpc) is 3.14. The van der Waals surface area contributed by atoms with Crippen molar-refractivity contribution in [2.24, 2.45) is 5.92 Å². The van der Waals surface area contributed by atoms with Gasteiger partial charge in [-0.05, 0) is 43.0 Å². The average molecular weight is 344 g/mol. The molecule has 1 aromatic carbocycles. The van der Waals surface area contributed by atoms with Gasteiger partial charge in [-0.15, -0.1) is 0 Å². The van der Waals surface area contributed by atoms with E-state index in [0.29, 0.717) is 12.1 Å². The fraction of sp³-hybridized carbons (Fsp3) is 0.474. The topological polar surface area (TPSA) is 67.9 Å². The van der Waals surface area contributed by atoms with Crippen LogP contribution < -0.4 is 10.2 Å². The smallest absolute Gasteiger partial charge is 0.306 e. The van der Waals surface area contributed by atoms with Crippen LogP contribution >= 0.6 is 0 Å². The molecule has 3 rings (SSSR count). The molecular weight excluding hydrogens is 320 g/mol. The molecule has 1 amide bonds. The van der Waals surface area contributed by atoms with Crippen LogP contribution in [0.1, 0.15) is 19.3 Å². The van der Waals surface area contributed by atoms with Gasteiger partial charge in [0.2, 0.25) is 0 Å². The van der Waals surface area contributed by atoms with Crippen LogP contribution in [0, 0.1) is 5.92 Å². The van der Waals surface area contributed by atoms with Gasteiger partial charge in [0.05, 0.1) is 19.6 Å². The van der Waals surface area contributed by atoms with E-state index in [9.17, 15) is 9.59 Å². The maximum Gasteiger partial charge on any atom is 0.306 e. The van der Waals surface area contributed by atoms with E-state index in [4.69, 9.17) is 9.47 Å². The number of hydrogen-bond acceptors (Lipinski definition) is 5. The SMILES string of the molecule is O=C(COC(=O)C[C@H]1C=CCC1)Nc1ccc(N2CCOCC2)cc1. The van der Waals surface area contributed by atoms with E-state index < -0.39 is 0 Å². The van der Waals surface area contributed by atoms with Gasteiger partial charge in [-0.3, -0.25) is 9.59 Å². The van der Waals surface area contributed by atoms with E-state index >= 15 is 0 Å². The van der Waals surface area contributed by atoms with Crippen molar-refractivity contribution in [3.8, 4) is 0 Å². The summed E-state index contributed by atoms with van der Waals surface area (Å²) in [7, 11) is 0. The molecule has 0 saturated carbocycles. The number of rotatable bonds is 6. The molecule has 0 aromatic heterocycles. The van der Waals surface area contributed by atoms with Gasteiger partial charge >= 0.3 is 5.97 Å². The number of benzene rings is 1. The number of carbonyl (C=O) groups excluding carboxylic acids is 2. The molecule has 6 heteroatoms. The molecule has 0 unspecified atom stereocenters. The van der Waals surface area contributed by atoms with E-state index in [1.165, 1.54) is 0 Å². The second-order valence-electron chi connectivity index (χ2n) is 6.32. The zero-order chi connectivity index (χ0) is 17.5. The number of esters is 1. The van der Waals surface area contributed by atoms with Crippen LogP contribution in [0.4, 0.5) is 11.4 Å². The van der Waals surface area contributed by atoms with Gasteiger partial charge in [0.15, 0.2) is 6.61 Å². The number of morpholine rings is 1. The molecule has 6 nitrogen and oxygen atoms in total. The maximum atomic E-state index is 11.9. The van der Waals surface area contributed by atoms with Crippen LogP contribution in [0.2, 0.25) is 0 Å². The Morgan fingerprint density at radius 2 is 1.96 bits per heavy atom. The van der Waals surface area contributed by atoms with E-state index in [-0.39, 0.29) is 24.4 Å². The van der Waals surface area contributed by atoms with Crippen molar-refractivity contribution in [2.45, 2.75) is 19.3 Å². The normalized spacial score (nSPS) is 19.7. The predicted molar refractivity (Wildman–Crippen MR) is 95.5 cm³/mol. The molecule has 1 N–H and O–H groups in total. The summed E-state index contributed by atoms with van der Waals surface area (Å²) < 4.78 is 10.4. The van der Waals surface area contributed by atoms with Crippen molar-refractivity contribution in [1.29, 1.82) is 0 Å². The lowest BCUT2D eigenvalue weighted by atomic mass is 10.1. The first-order valence-electron chi connectivity index (χ1n) is 8.75. The van der Waals surface area contributed by atoms with E-state index in [2.05, 4.69) is 16.3 Å². The highest BCUT2D eigenvalue weighted by atomic mass is 16.5. The fourth-order valence-corrected chi connectivity index (χ4v) is 3.06. The lowest BCUT2D eigenvalue weighted by molar-refractivity contribution is -0.147. The van der Waals surface area contributed by atoms with Crippen molar-refractivity contribution in [1.82, 2.24) is 0 Å². The van der Waals surface area contributed by atoms with E-state index in [0.717, 1.165) is 44.8 Å². The molecule has 1 fully saturated rings. The van der Waals surface area contributed by atoms with Gasteiger partial charge < -0.3 is 19.7 Å². The summed E-state index contributed by atoms with van der Waals surface area (Å²) >= 11 is 0. The zero-order valence-corrected chi connectivity index (χ0v) is 14.3. The first kappa shape index (κ1) is 17.5. The lowest BCUT2D eigenvalue weighted by Crippen LogP contribution is -2.36. The highest BCUT2D eigenvalue weighted by Gasteiger charge is 2.16. The Morgan fingerprint density at radius 3 is 2.64 bits per heavy atom. The number of carbonyl (C=O) groups is 2. The maximum absolute atomic E-state index is 11.9. The molecule has 1 aliphatic carbocycles. The first-order chi connectivity index (χ1) is 12.2. The number of anilines is 2. The Kier molecular flexibility index (Phi) is 6.06. The quantitative estimate of drug-likeness (QED) is 0.634. The van der Waals surface area contributed by atoms with Gasteiger partial charge in [0.1, 0.15) is 0 Å². The number of nitrogens with zero attached hydrogens (tertiary/aromatic N) is 1. The third kappa shape index (κ3) is 5.32. The molecule has 2 aliphatic rings. The lowest BCUT2D eigenvalue weighted by Gasteiger charge is -2.28. The minimum Gasteiger partial charge on any atom is -0.456 e. The number of ether oxygens (including phenoxy) is 2. The number of amides is 1. The Bertz CT molecular complexity index is 621. The Balaban J connectivity index is 1.41. The Hall–Kier alpha value is -2.34. The largest absolute Gasteiger partial charge is 0.456 e. The van der Waals surface area contributed by atoms with Crippen LogP contribution in [-0.4, -0.2) is 44.8 Å². The third-order valence-corrected chi connectivity index (χ3v) is 4.43. The first-order valence-corrected chi connectivity index (χ1v) is 8.75. The standard InChI is InChI=1S/C19H24N2O4/c22-18(14-25-19(23)13-15-3-1-2-4-15)20-16-5-7-17(8-6-16)21-9-11-24-12-10-21/h1,3,5-8,15H,2,4,9-14H2,(H,20,22)/t15-/m0/s1. The van der Waals surface area contributed by atoms with Crippen molar-refractivity contribution in [3.05, 3.63) is 36.4 Å². The molecule has 0 radical (unpaired) electrons. The van der Waals surface area contributed by atoms with Gasteiger partial charge in [-0.2, -0.15) is 0 Å². The van der Waals surface area contributed by atoms with Crippen LogP contribution in [0.25, 0.3) is 0 Å². The molecule has 1 heterocycles. The van der Waals surface area contributed by atoms with Crippen molar-refractivity contribution in [2.75, 3.05) is 43.1 Å². The molecule has 1 saturated heterocycles. The summed E-state index contributed by atoms with van der Waals surface area (Å²) in [6.07, 6.45) is 6.45. The van der Waals surface area contributed by atoms with Crippen LogP contribution in [0.5, 0.6) is 0 Å². The molecule has 0 spiro atoms. The van der Waals surface area contributed by atoms with Crippen molar-refractivity contribution >= 4 is 23.3 Å². The van der Waals surface area contributed by atoms with Crippen LogP contribution in [-0.2, 0) is 19.1 Å². The summed E-state index contributed by atoms with van der Waals surface area (Å²) in [5.74, 6) is -0.396. The van der Waals surface area contributed by atoms with Gasteiger partial charge in [0, 0.05) is 24.5 Å². The molecular formula is C19H24N2O4. The van der Waals surface area contributed by atoms with Crippen molar-refractivity contribution < 1.29 is 19.1 Å². The molecule has 134 valence electrons. The monoisotopic (exact) mass is 344 g/mol. The summed E-state index contributed by atoms with van der Waals surface area (Å²) in [6, 6.07) is 7.65. The highest BCUT2D eigenvalue weighted by Crippen LogP contribution is 2.21. The minimum absolute atomic E-state index is 0.250. The second-order valence-corrected chi connectivity index (χ2v) is 6.32. The second kappa shape index (κ2) is 8.67. The van der Waals surface area contributed by atoms with Gasteiger partial charge in [-0.1, -0.05) is 12.2 Å². The zero-order valence-electron chi connectivity index (χ0n) is 14.3. The van der Waals surface area contributed by atoms with E-state index in [1.54, 1.807) is 0 Å². The minimum atomic E-state index is -0.325. The molecule has 0 bridgehead atoms. The number of allylic oxidation sites excluding steroid dienone is 2. The molecule has 25 heavy (non-hydrogen) atoms. The third-order valence-electron chi connectivity index (χ3n) is 4.43. The molecule has 1 aliphatic heterocycles. The fourth-order valence-electron chi connectivity index (χ4n) is 3.06. The van der Waals surface area contributed by atoms with Gasteiger partial charge in [-0.25, -0.2) is 0 Å². The van der Waals surface area contributed by atoms with Crippen molar-refractivity contribution in [3.63, 3.8) is 0 Å². The summed E-state index contributed by atoms with van der Waals surface area (Å²) in [4.78, 5) is 25.9. The number of hydrogen-bond donors (Lipinski definition) is 1. The highest BCUT2D eigenvalue weighted by molar-refractivity contribution is 5.93. The molecule has 1 aromatic rings. The predicted octanol–water partition coefficient (Wildman–Crippen LogP) is 2.36. The van der Waals surface area contributed by atoms with Crippen LogP contribution in [0.3, 0.4) is 0 Å². The summed E-state index contributed by atoms with van der Waals surface area (Å²) in [6.45, 7) is 2.97. The molecule has 1 atom stereocenters. The van der Waals surface area contributed by atoms with Gasteiger partial charge in [0.25, 0.3) is 5.91 Å². The van der Waals surface area contributed by atoms with Crippen LogP contribution in [0.15, 0.2) is 36.4 Å². The van der Waals surface area contributed by atoms with E-state index in [1.807, 2.05) is 30.3 Å². The number of nitrogens with one attached hydrogen (secondary N) is 1. The summed E-state index contributed by atoms with van der Waals surface area (Å²) in [5.41, 5.74) is 1.80.